The first-order valence-corrected chi connectivity index (χ1v) is 10.0. The van der Waals surface area contributed by atoms with E-state index in [1.807, 2.05) is 6.92 Å². The van der Waals surface area contributed by atoms with Crippen LogP contribution in [0.1, 0.15) is 54.6 Å². The maximum absolute atomic E-state index is 10.8. The summed E-state index contributed by atoms with van der Waals surface area (Å²) < 4.78 is 1.61. The Morgan fingerprint density at radius 1 is 1.16 bits per heavy atom. The van der Waals surface area contributed by atoms with E-state index in [2.05, 4.69) is 41.3 Å². The van der Waals surface area contributed by atoms with Gasteiger partial charge in [-0.05, 0) is 12.0 Å². The van der Waals surface area contributed by atoms with Crippen LogP contribution in [0.15, 0.2) is 24.3 Å². The Kier molecular flexibility index (Phi) is 4.48. The molecule has 0 unspecified atom stereocenters. The summed E-state index contributed by atoms with van der Waals surface area (Å²) in [6.45, 7) is 6.50. The Morgan fingerprint density at radius 2 is 1.88 bits per heavy atom. The number of aromatic nitrogens is 3. The SMILES string of the molecule is CCc1ccc([C@H](c2sc3nc(CC)nn3c2O)[NH+]2CCCC2)cc1. The number of hydrogen-bond donors (Lipinski definition) is 2. The van der Waals surface area contributed by atoms with Gasteiger partial charge in [0, 0.05) is 24.8 Å². The molecule has 6 heteroatoms. The molecule has 1 saturated heterocycles. The van der Waals surface area contributed by atoms with Gasteiger partial charge in [0.25, 0.3) is 0 Å². The zero-order valence-electron chi connectivity index (χ0n) is 14.8. The van der Waals surface area contributed by atoms with Crippen molar-refractivity contribution in [1.29, 1.82) is 0 Å². The summed E-state index contributed by atoms with van der Waals surface area (Å²) in [5.41, 5.74) is 2.61. The van der Waals surface area contributed by atoms with Crippen LogP contribution in [0.25, 0.3) is 4.96 Å². The van der Waals surface area contributed by atoms with Crippen molar-refractivity contribution < 1.29 is 10.0 Å². The molecule has 0 bridgehead atoms. The zero-order valence-corrected chi connectivity index (χ0v) is 15.6. The molecular weight excluding hydrogens is 332 g/mol. The van der Waals surface area contributed by atoms with Crippen molar-refractivity contribution in [3.63, 3.8) is 0 Å². The summed E-state index contributed by atoms with van der Waals surface area (Å²) in [5, 5.41) is 15.3. The molecule has 25 heavy (non-hydrogen) atoms. The van der Waals surface area contributed by atoms with E-state index in [-0.39, 0.29) is 11.9 Å². The number of thiazole rings is 1. The minimum Gasteiger partial charge on any atom is -0.492 e. The number of benzene rings is 1. The van der Waals surface area contributed by atoms with Crippen LogP contribution in [0.4, 0.5) is 0 Å². The van der Waals surface area contributed by atoms with Crippen molar-refractivity contribution in [3.05, 3.63) is 46.1 Å². The van der Waals surface area contributed by atoms with Gasteiger partial charge in [-0.2, -0.15) is 4.52 Å². The van der Waals surface area contributed by atoms with Gasteiger partial charge in [-0.25, -0.2) is 4.98 Å². The van der Waals surface area contributed by atoms with Crippen LogP contribution in [0.2, 0.25) is 0 Å². The highest BCUT2D eigenvalue weighted by Crippen LogP contribution is 2.35. The van der Waals surface area contributed by atoms with Gasteiger partial charge in [0.15, 0.2) is 11.9 Å². The minimum absolute atomic E-state index is 0.159. The summed E-state index contributed by atoms with van der Waals surface area (Å²) in [7, 11) is 0. The van der Waals surface area contributed by atoms with Crippen molar-refractivity contribution in [3.8, 4) is 5.88 Å². The van der Waals surface area contributed by atoms with Crippen molar-refractivity contribution in [2.24, 2.45) is 0 Å². The molecule has 5 nitrogen and oxygen atoms in total. The van der Waals surface area contributed by atoms with Crippen molar-refractivity contribution in [2.75, 3.05) is 13.1 Å². The number of likely N-dealkylation sites (tertiary alicyclic amines) is 1. The summed E-state index contributed by atoms with van der Waals surface area (Å²) in [4.78, 5) is 7.85. The van der Waals surface area contributed by atoms with Crippen molar-refractivity contribution in [2.45, 2.75) is 45.6 Å². The third-order valence-corrected chi connectivity index (χ3v) is 6.28. The summed E-state index contributed by atoms with van der Waals surface area (Å²) in [6.07, 6.45) is 4.33. The van der Waals surface area contributed by atoms with E-state index in [9.17, 15) is 5.11 Å². The predicted octanol–water partition coefficient (Wildman–Crippen LogP) is 2.39. The number of aromatic hydroxyl groups is 1. The average molecular weight is 358 g/mol. The number of nitrogens with zero attached hydrogens (tertiary/aromatic N) is 3. The molecular formula is C19H25N4OS+. The fourth-order valence-electron chi connectivity index (χ4n) is 3.76. The molecule has 1 aliphatic heterocycles. The van der Waals surface area contributed by atoms with Crippen LogP contribution in [-0.4, -0.2) is 32.8 Å². The van der Waals surface area contributed by atoms with Crippen LogP contribution in [0.5, 0.6) is 5.88 Å². The van der Waals surface area contributed by atoms with E-state index in [0.717, 1.165) is 41.6 Å². The molecule has 0 saturated carbocycles. The smallest absolute Gasteiger partial charge is 0.235 e. The predicted molar refractivity (Wildman–Crippen MR) is 99.5 cm³/mol. The molecule has 0 radical (unpaired) electrons. The van der Waals surface area contributed by atoms with Gasteiger partial charge in [-0.1, -0.05) is 49.4 Å². The third-order valence-electron chi connectivity index (χ3n) is 5.20. The molecule has 0 amide bonds. The molecule has 0 aliphatic carbocycles. The highest BCUT2D eigenvalue weighted by atomic mass is 32.1. The van der Waals surface area contributed by atoms with Crippen LogP contribution in [-0.2, 0) is 12.8 Å². The van der Waals surface area contributed by atoms with Crippen LogP contribution in [0.3, 0.4) is 0 Å². The van der Waals surface area contributed by atoms with E-state index in [4.69, 9.17) is 0 Å². The number of quaternary nitrogens is 1. The second-order valence-electron chi connectivity index (χ2n) is 6.76. The minimum atomic E-state index is 0.159. The van der Waals surface area contributed by atoms with Gasteiger partial charge < -0.3 is 10.0 Å². The normalized spacial score (nSPS) is 16.7. The summed E-state index contributed by atoms with van der Waals surface area (Å²) >= 11 is 1.58. The maximum atomic E-state index is 10.8. The third kappa shape index (κ3) is 2.93. The molecule has 3 aromatic rings. The topological polar surface area (TPSA) is 54.9 Å². The maximum Gasteiger partial charge on any atom is 0.235 e. The lowest BCUT2D eigenvalue weighted by Gasteiger charge is -2.24. The Bertz CT molecular complexity index is 862. The Morgan fingerprint density at radius 3 is 2.48 bits per heavy atom. The van der Waals surface area contributed by atoms with Gasteiger partial charge in [0.2, 0.25) is 10.8 Å². The molecule has 4 rings (SSSR count). The summed E-state index contributed by atoms with van der Waals surface area (Å²) in [6, 6.07) is 9.03. The summed E-state index contributed by atoms with van der Waals surface area (Å²) in [5.74, 6) is 1.04. The van der Waals surface area contributed by atoms with Gasteiger partial charge in [0.05, 0.1) is 13.1 Å². The van der Waals surface area contributed by atoms with Crippen LogP contribution < -0.4 is 4.90 Å². The van der Waals surface area contributed by atoms with E-state index in [0.29, 0.717) is 0 Å². The molecule has 132 valence electrons. The fraction of sp³-hybridized carbons (Fsp3) is 0.474. The van der Waals surface area contributed by atoms with E-state index in [1.54, 1.807) is 15.9 Å². The number of nitrogens with one attached hydrogen (secondary N) is 1. The molecule has 3 heterocycles. The van der Waals surface area contributed by atoms with Crippen molar-refractivity contribution >= 4 is 16.3 Å². The van der Waals surface area contributed by atoms with Crippen LogP contribution in [0, 0.1) is 0 Å². The van der Waals surface area contributed by atoms with Gasteiger partial charge in [-0.15, -0.1) is 5.10 Å². The van der Waals surface area contributed by atoms with Gasteiger partial charge >= 0.3 is 0 Å². The monoisotopic (exact) mass is 357 g/mol. The van der Waals surface area contributed by atoms with Gasteiger partial charge in [-0.3, -0.25) is 0 Å². The second kappa shape index (κ2) is 6.77. The molecule has 1 atom stereocenters. The first kappa shape index (κ1) is 16.5. The van der Waals surface area contributed by atoms with E-state index < -0.39 is 0 Å². The highest BCUT2D eigenvalue weighted by molar-refractivity contribution is 7.17. The lowest BCUT2D eigenvalue weighted by atomic mass is 10.0. The largest absolute Gasteiger partial charge is 0.492 e. The Labute approximate surface area is 151 Å². The lowest BCUT2D eigenvalue weighted by molar-refractivity contribution is -0.913. The number of rotatable bonds is 5. The standard InChI is InChI=1S/C19H24N4OS/c1-3-13-7-9-14(10-8-13)16(22-11-5-6-12-22)17-18(24)23-19(25-17)20-15(4-2)21-23/h7-10,16,24H,3-6,11-12H2,1-2H3/p+1/t16-/m1/s1. The zero-order chi connectivity index (χ0) is 17.4. The van der Waals surface area contributed by atoms with Crippen molar-refractivity contribution in [1.82, 2.24) is 14.6 Å². The molecule has 0 spiro atoms. The Hall–Kier alpha value is -1.92. The van der Waals surface area contributed by atoms with E-state index in [1.165, 1.54) is 28.9 Å². The quantitative estimate of drug-likeness (QED) is 0.737. The average Bonchev–Trinajstić information content (AvgIpc) is 3.35. The number of aryl methyl sites for hydroxylation is 2. The molecule has 1 fully saturated rings. The molecule has 2 N–H and O–H groups in total. The molecule has 1 aromatic carbocycles. The second-order valence-corrected chi connectivity index (χ2v) is 7.77. The molecule has 2 aromatic heterocycles. The van der Waals surface area contributed by atoms with E-state index >= 15 is 0 Å². The first-order valence-electron chi connectivity index (χ1n) is 9.22. The highest BCUT2D eigenvalue weighted by Gasteiger charge is 2.34. The fourth-order valence-corrected chi connectivity index (χ4v) is 4.92. The molecule has 1 aliphatic rings. The van der Waals surface area contributed by atoms with Crippen LogP contribution >= 0.6 is 11.3 Å². The Balaban J connectivity index is 1.79. The first-order chi connectivity index (χ1) is 12.2. The lowest BCUT2D eigenvalue weighted by Crippen LogP contribution is -3.10. The van der Waals surface area contributed by atoms with Gasteiger partial charge in [0.1, 0.15) is 4.88 Å². The number of hydrogen-bond acceptors (Lipinski definition) is 4. The number of fused-ring (bicyclic) bond motifs is 1.